The van der Waals surface area contributed by atoms with E-state index in [0.29, 0.717) is 74.7 Å². The Morgan fingerprint density at radius 3 is 2.46 bits per heavy atom. The highest BCUT2D eigenvalue weighted by Crippen LogP contribution is 2.46. The lowest BCUT2D eigenvalue weighted by Gasteiger charge is -2.38. The number of hydrogen-bond donors (Lipinski definition) is 2. The fourth-order valence-corrected chi connectivity index (χ4v) is 13.1. The first-order valence-electron chi connectivity index (χ1n) is 28.0. The van der Waals surface area contributed by atoms with Gasteiger partial charge in [-0.2, -0.15) is 4.98 Å². The van der Waals surface area contributed by atoms with Gasteiger partial charge in [0.25, 0.3) is 21.6 Å². The SMILES string of the molecule is CC1(C)CCC(CCN2CCN(c3ccc(C(=O)NS(=O)(=O)c4ccc(NCC5CCOCC5)c([N+](=O)[O-])c4)c(N4CCC(c5ccccn5)Oc5nc6c(ccn6COCC[Si](C)(C)C)cc54)c3)CC2)=C(c2ccc(Cl)cc2)C1. The maximum Gasteiger partial charge on any atom is 0.293 e. The minimum atomic E-state index is -4.65. The van der Waals surface area contributed by atoms with Crippen molar-refractivity contribution in [3.8, 4) is 5.88 Å². The van der Waals surface area contributed by atoms with Crippen molar-refractivity contribution < 1.29 is 32.3 Å². The van der Waals surface area contributed by atoms with Crippen LogP contribution in [0, 0.1) is 21.4 Å². The molecule has 0 bridgehead atoms. The van der Waals surface area contributed by atoms with Crippen LogP contribution in [0.15, 0.2) is 114 Å². The molecule has 0 spiro atoms. The monoisotopic (exact) mass is 1140 g/mol. The number of allylic oxidation sites excluding steroid dienone is 1. The zero-order valence-electron chi connectivity index (χ0n) is 46.6. The Hall–Kier alpha value is -6.35. The third-order valence-corrected chi connectivity index (χ3v) is 19.4. The van der Waals surface area contributed by atoms with Gasteiger partial charge in [0, 0.05) is 115 Å². The highest BCUT2D eigenvalue weighted by atomic mass is 35.5. The summed E-state index contributed by atoms with van der Waals surface area (Å²) in [5.74, 6) is -0.327. The molecule has 2 saturated heterocycles. The summed E-state index contributed by atoms with van der Waals surface area (Å²) >= 11 is 6.31. The van der Waals surface area contributed by atoms with Crippen LogP contribution in [0.2, 0.25) is 30.7 Å². The molecule has 2 N–H and O–H groups in total. The number of sulfonamides is 1. The molecule has 6 heterocycles. The van der Waals surface area contributed by atoms with E-state index in [1.807, 2.05) is 70.3 Å². The van der Waals surface area contributed by atoms with Gasteiger partial charge < -0.3 is 33.9 Å². The fraction of sp³-hybridized carbons (Fsp3) is 0.450. The summed E-state index contributed by atoms with van der Waals surface area (Å²) in [6, 6.07) is 28.1. The van der Waals surface area contributed by atoms with Gasteiger partial charge in [0.2, 0.25) is 5.88 Å². The summed E-state index contributed by atoms with van der Waals surface area (Å²) < 4.78 is 51.4. The standard InChI is InChI=1S/C60H74ClN9O8SSi/c1-60(2)23-17-44(50(39-60)43-9-11-46(61)12-10-43)18-25-66-28-30-67(31-29-66)47-13-15-49(58(71)65-79(74,75)48-14-16-51(54(38-48)70(72)73)63-40-42-21-32-76-33-22-42)53(37-47)69-27-20-56(52-8-6-7-24-62-52)78-59-55(69)36-45-19-26-68(57(45)64-59)41-77-34-35-80(3,4)5/h6-16,19,24,26,36-38,42,56,63H,17-18,20-23,25,27-35,39-41H2,1-5H3,(H,65,71). The fourth-order valence-electron chi connectivity index (χ4n) is 11.2. The molecule has 1 aliphatic carbocycles. The summed E-state index contributed by atoms with van der Waals surface area (Å²) in [7, 11) is -5.97. The van der Waals surface area contributed by atoms with E-state index >= 15 is 0 Å². The molecule has 0 saturated carbocycles. The molecular weight excluding hydrogens is 1070 g/mol. The van der Waals surface area contributed by atoms with E-state index in [2.05, 4.69) is 70.4 Å². The van der Waals surface area contributed by atoms with Crippen LogP contribution in [0.3, 0.4) is 0 Å². The quantitative estimate of drug-likeness (QED) is 0.0337. The Kier molecular flexibility index (Phi) is 17.3. The van der Waals surface area contributed by atoms with Gasteiger partial charge in [0.05, 0.1) is 26.8 Å². The molecule has 424 valence electrons. The maximum absolute atomic E-state index is 14.9. The molecule has 80 heavy (non-hydrogen) atoms. The van der Waals surface area contributed by atoms with E-state index < -0.39 is 45.6 Å². The smallest absolute Gasteiger partial charge is 0.293 e. The normalized spacial score (nSPS) is 18.4. The summed E-state index contributed by atoms with van der Waals surface area (Å²) in [6.45, 7) is 18.7. The van der Waals surface area contributed by atoms with Crippen LogP contribution in [0.25, 0.3) is 16.6 Å². The number of piperazine rings is 1. The van der Waals surface area contributed by atoms with E-state index in [0.717, 1.165) is 99.5 Å². The molecule has 1 atom stereocenters. The molecule has 1 amide bonds. The molecule has 3 aliphatic heterocycles. The Balaban J connectivity index is 0.962. The van der Waals surface area contributed by atoms with Crippen LogP contribution in [0.1, 0.15) is 86.5 Å². The number of anilines is 4. The van der Waals surface area contributed by atoms with Gasteiger partial charge in [-0.15, -0.1) is 0 Å². The molecule has 2 fully saturated rings. The van der Waals surface area contributed by atoms with Crippen molar-refractivity contribution in [2.45, 2.75) is 102 Å². The van der Waals surface area contributed by atoms with Crippen LogP contribution < -0.4 is 24.6 Å². The second kappa shape index (κ2) is 24.4. The number of pyridine rings is 2. The lowest BCUT2D eigenvalue weighted by atomic mass is 9.72. The highest BCUT2D eigenvalue weighted by molar-refractivity contribution is 7.90. The number of halogens is 1. The number of carbonyl (C=O) groups excluding carboxylic acids is 1. The van der Waals surface area contributed by atoms with Gasteiger partial charge in [0.1, 0.15) is 29.9 Å². The van der Waals surface area contributed by atoms with Crippen molar-refractivity contribution in [1.29, 1.82) is 0 Å². The van der Waals surface area contributed by atoms with Crippen molar-refractivity contribution in [3.63, 3.8) is 0 Å². The number of rotatable bonds is 19. The second-order valence-corrected chi connectivity index (χ2v) is 31.4. The molecule has 17 nitrogen and oxygen atoms in total. The summed E-state index contributed by atoms with van der Waals surface area (Å²) in [4.78, 5) is 42.9. The van der Waals surface area contributed by atoms with Crippen molar-refractivity contribution in [2.24, 2.45) is 11.3 Å². The third kappa shape index (κ3) is 13.7. The number of nitrogens with one attached hydrogen (secondary N) is 2. The molecular formula is C60H74ClN9O8SSi. The summed E-state index contributed by atoms with van der Waals surface area (Å²) in [5, 5.41) is 17.1. The predicted molar refractivity (Wildman–Crippen MR) is 319 cm³/mol. The number of benzene rings is 3. The maximum atomic E-state index is 14.9. The zero-order chi connectivity index (χ0) is 56.2. The van der Waals surface area contributed by atoms with E-state index in [-0.39, 0.29) is 22.6 Å². The number of nitro groups is 1. The van der Waals surface area contributed by atoms with Gasteiger partial charge in [0.15, 0.2) is 0 Å². The summed E-state index contributed by atoms with van der Waals surface area (Å²) in [6.07, 6.45) is 9.47. The average Bonchev–Trinajstić information content (AvgIpc) is 3.86. The van der Waals surface area contributed by atoms with Crippen molar-refractivity contribution in [3.05, 3.63) is 141 Å². The summed E-state index contributed by atoms with van der Waals surface area (Å²) in [5.41, 5.74) is 7.58. The van der Waals surface area contributed by atoms with Crippen LogP contribution in [0.5, 0.6) is 5.88 Å². The van der Waals surface area contributed by atoms with E-state index in [1.54, 1.807) is 12.3 Å². The minimum Gasteiger partial charge on any atom is -0.466 e. The van der Waals surface area contributed by atoms with Crippen molar-refractivity contribution >= 4 is 80.6 Å². The topological polar surface area (TPSA) is 187 Å². The zero-order valence-corrected chi connectivity index (χ0v) is 49.2. The molecule has 4 aliphatic rings. The number of amides is 1. The first-order chi connectivity index (χ1) is 38.4. The van der Waals surface area contributed by atoms with Crippen LogP contribution in [-0.2, 0) is 26.2 Å². The number of ether oxygens (including phenoxy) is 3. The average molecular weight is 1140 g/mol. The van der Waals surface area contributed by atoms with Gasteiger partial charge >= 0.3 is 0 Å². The molecule has 3 aromatic heterocycles. The van der Waals surface area contributed by atoms with Crippen molar-refractivity contribution in [2.75, 3.05) is 80.8 Å². The van der Waals surface area contributed by atoms with E-state index in [4.69, 9.17) is 30.8 Å². The van der Waals surface area contributed by atoms with Gasteiger partial charge in [-0.1, -0.05) is 68.9 Å². The van der Waals surface area contributed by atoms with Crippen LogP contribution in [-0.4, -0.2) is 112 Å². The molecule has 20 heteroatoms. The minimum absolute atomic E-state index is 0.0799. The van der Waals surface area contributed by atoms with Crippen molar-refractivity contribution in [1.82, 2.24) is 24.2 Å². The Morgan fingerprint density at radius 2 is 1.73 bits per heavy atom. The van der Waals surface area contributed by atoms with E-state index in [1.165, 1.54) is 28.8 Å². The lowest BCUT2D eigenvalue weighted by molar-refractivity contribution is -0.384. The number of carbonyl (C=O) groups is 1. The largest absolute Gasteiger partial charge is 0.466 e. The van der Waals surface area contributed by atoms with E-state index in [9.17, 15) is 23.3 Å². The predicted octanol–water partition coefficient (Wildman–Crippen LogP) is 12.1. The second-order valence-electron chi connectivity index (χ2n) is 23.7. The first-order valence-corrected chi connectivity index (χ1v) is 33.6. The number of nitro benzene ring substituents is 1. The molecule has 3 aromatic carbocycles. The Morgan fingerprint density at radius 1 is 0.938 bits per heavy atom. The van der Waals surface area contributed by atoms with Gasteiger partial charge in [-0.3, -0.25) is 24.8 Å². The highest BCUT2D eigenvalue weighted by Gasteiger charge is 2.34. The first kappa shape index (κ1) is 56.9. The van der Waals surface area contributed by atoms with Gasteiger partial charge in [-0.25, -0.2) is 13.1 Å². The lowest BCUT2D eigenvalue weighted by Crippen LogP contribution is -2.46. The van der Waals surface area contributed by atoms with Gasteiger partial charge in [-0.05, 0) is 134 Å². The molecule has 10 rings (SSSR count). The molecule has 0 radical (unpaired) electrons. The van der Waals surface area contributed by atoms with Crippen LogP contribution >= 0.6 is 11.6 Å². The Bertz CT molecular complexity index is 3340. The number of fused-ring (bicyclic) bond motifs is 2. The molecule has 1 unspecified atom stereocenters. The van der Waals surface area contributed by atoms with Crippen LogP contribution in [0.4, 0.5) is 28.4 Å². The Labute approximate surface area is 475 Å². The molecule has 6 aromatic rings. The number of hydrogen-bond acceptors (Lipinski definition) is 14. The number of nitrogens with zero attached hydrogens (tertiary/aromatic N) is 7. The number of aromatic nitrogens is 3. The third-order valence-electron chi connectivity index (χ3n) is 16.1.